The molecular weight excluding hydrogens is 406 g/mol. The molecule has 0 bridgehead atoms. The van der Waals surface area contributed by atoms with Gasteiger partial charge >= 0.3 is 0 Å². The van der Waals surface area contributed by atoms with Crippen molar-refractivity contribution < 1.29 is 0 Å². The van der Waals surface area contributed by atoms with Crippen molar-refractivity contribution in [3.05, 3.63) is 60.8 Å². The molecule has 5 rings (SSSR count). The molecule has 0 unspecified atom stereocenters. The van der Waals surface area contributed by atoms with Crippen molar-refractivity contribution in [3.63, 3.8) is 0 Å². The minimum absolute atomic E-state index is 0.0854. The minimum atomic E-state index is 0.0854. The second kappa shape index (κ2) is 8.11. The van der Waals surface area contributed by atoms with E-state index in [1.165, 1.54) is 0 Å². The van der Waals surface area contributed by atoms with E-state index in [1.54, 1.807) is 36.1 Å². The zero-order valence-corrected chi connectivity index (χ0v) is 17.0. The van der Waals surface area contributed by atoms with E-state index in [9.17, 15) is 0 Å². The van der Waals surface area contributed by atoms with Crippen LogP contribution in [0.3, 0.4) is 0 Å². The number of aryl methyl sites for hydroxylation is 1. The van der Waals surface area contributed by atoms with Crippen LogP contribution >= 0.6 is 0 Å². The highest BCUT2D eigenvalue weighted by molar-refractivity contribution is 5.86. The third kappa shape index (κ3) is 3.68. The number of anilines is 3. The molecule has 0 aliphatic carbocycles. The molecule has 11 nitrogen and oxygen atoms in total. The van der Waals surface area contributed by atoms with Crippen LogP contribution in [0.1, 0.15) is 5.82 Å². The van der Waals surface area contributed by atoms with E-state index in [2.05, 4.69) is 40.8 Å². The Kier molecular flexibility index (Phi) is 4.85. The lowest BCUT2D eigenvalue weighted by Gasteiger charge is -2.10. The first-order valence-electron chi connectivity index (χ1n) is 9.74. The van der Waals surface area contributed by atoms with Gasteiger partial charge in [0.15, 0.2) is 0 Å². The fourth-order valence-corrected chi connectivity index (χ4v) is 3.30. The lowest BCUT2D eigenvalue weighted by molar-refractivity contribution is 0.884. The van der Waals surface area contributed by atoms with E-state index in [4.69, 9.17) is 10.2 Å². The van der Waals surface area contributed by atoms with Crippen molar-refractivity contribution in [2.24, 2.45) is 0 Å². The highest BCUT2D eigenvalue weighted by Crippen LogP contribution is 2.29. The van der Waals surface area contributed by atoms with Gasteiger partial charge in [0.2, 0.25) is 17.8 Å². The van der Waals surface area contributed by atoms with Crippen LogP contribution in [0, 0.1) is 18.3 Å². The molecule has 0 amide bonds. The largest absolute Gasteiger partial charge is 0.341 e. The summed E-state index contributed by atoms with van der Waals surface area (Å²) in [6, 6.07) is 13.7. The Balaban J connectivity index is 1.67. The second-order valence-corrected chi connectivity index (χ2v) is 6.82. The Bertz CT molecular complexity index is 1420. The number of imidazole rings is 1. The van der Waals surface area contributed by atoms with Crippen molar-refractivity contribution in [2.75, 3.05) is 17.2 Å². The summed E-state index contributed by atoms with van der Waals surface area (Å²) < 4.78 is 1.80. The van der Waals surface area contributed by atoms with Gasteiger partial charge in [-0.15, -0.1) is 0 Å². The Morgan fingerprint density at radius 1 is 1.00 bits per heavy atom. The van der Waals surface area contributed by atoms with Crippen molar-refractivity contribution in [3.8, 4) is 23.1 Å². The molecule has 0 radical (unpaired) electrons. The smallest absolute Gasteiger partial charge is 0.242 e. The summed E-state index contributed by atoms with van der Waals surface area (Å²) in [5.74, 6) is 2.38. The van der Waals surface area contributed by atoms with Crippen molar-refractivity contribution in [1.29, 1.82) is 5.26 Å². The van der Waals surface area contributed by atoms with Gasteiger partial charge in [0.25, 0.3) is 0 Å². The van der Waals surface area contributed by atoms with E-state index >= 15 is 0 Å². The topological polar surface area (TPSA) is 146 Å². The molecule has 0 aliphatic rings. The zero-order valence-electron chi connectivity index (χ0n) is 17.0. The maximum Gasteiger partial charge on any atom is 0.242 e. The summed E-state index contributed by atoms with van der Waals surface area (Å²) in [7, 11) is 0. The number of hydrogen-bond donors (Lipinski definition) is 3. The Morgan fingerprint density at radius 2 is 1.88 bits per heavy atom. The fourth-order valence-electron chi connectivity index (χ4n) is 3.30. The van der Waals surface area contributed by atoms with Gasteiger partial charge in [-0.2, -0.15) is 25.3 Å². The predicted octanol–water partition coefficient (Wildman–Crippen LogP) is 2.98. The number of fused-ring (bicyclic) bond motifs is 1. The van der Waals surface area contributed by atoms with Crippen LogP contribution in [0.4, 0.5) is 17.7 Å². The maximum absolute atomic E-state index is 8.88. The molecule has 0 saturated carbocycles. The molecule has 1 aromatic carbocycles. The number of nitrogens with zero attached hydrogens (tertiary/aromatic N) is 8. The zero-order chi connectivity index (χ0) is 21.9. The van der Waals surface area contributed by atoms with Gasteiger partial charge in [-0.05, 0) is 42.3 Å². The number of rotatable bonds is 6. The first kappa shape index (κ1) is 19.1. The molecule has 4 heterocycles. The number of H-pyrrole nitrogens is 1. The van der Waals surface area contributed by atoms with E-state index in [1.807, 2.05) is 36.4 Å². The number of pyridine rings is 1. The van der Waals surface area contributed by atoms with Gasteiger partial charge in [-0.1, -0.05) is 6.07 Å². The number of hydrogen-bond acceptors (Lipinski definition) is 9. The first-order chi connectivity index (χ1) is 15.7. The molecule has 3 N–H and O–H groups in total. The van der Waals surface area contributed by atoms with Gasteiger partial charge in [0, 0.05) is 18.5 Å². The first-order valence-corrected chi connectivity index (χ1v) is 9.74. The maximum atomic E-state index is 8.88. The third-order valence-electron chi connectivity index (χ3n) is 4.68. The van der Waals surface area contributed by atoms with Gasteiger partial charge in [-0.3, -0.25) is 10.1 Å². The quantitative estimate of drug-likeness (QED) is 0.351. The van der Waals surface area contributed by atoms with Crippen molar-refractivity contribution in [2.45, 2.75) is 6.92 Å². The third-order valence-corrected chi connectivity index (χ3v) is 4.68. The summed E-state index contributed by atoms with van der Waals surface area (Å²) >= 11 is 0. The van der Waals surface area contributed by atoms with E-state index in [-0.39, 0.29) is 6.54 Å². The van der Waals surface area contributed by atoms with Crippen molar-refractivity contribution >= 4 is 28.7 Å². The molecule has 5 aromatic rings. The minimum Gasteiger partial charge on any atom is -0.341 e. The van der Waals surface area contributed by atoms with Gasteiger partial charge in [0.05, 0.1) is 23.3 Å². The van der Waals surface area contributed by atoms with Crippen LogP contribution < -0.4 is 10.6 Å². The molecule has 4 aromatic heterocycles. The van der Waals surface area contributed by atoms with Gasteiger partial charge in [0.1, 0.15) is 18.2 Å². The molecule has 0 fully saturated rings. The van der Waals surface area contributed by atoms with E-state index in [0.29, 0.717) is 29.5 Å². The summed E-state index contributed by atoms with van der Waals surface area (Å²) in [5, 5.41) is 21.8. The fraction of sp³-hybridized carbons (Fsp3) is 0.0952. The van der Waals surface area contributed by atoms with E-state index < -0.39 is 0 Å². The molecule has 0 aliphatic heterocycles. The molecule has 0 atom stereocenters. The van der Waals surface area contributed by atoms with Gasteiger partial charge in [-0.25, -0.2) is 9.55 Å². The summed E-state index contributed by atoms with van der Waals surface area (Å²) in [6.07, 6.45) is 5.16. The Hall–Kier alpha value is -4.85. The van der Waals surface area contributed by atoms with Crippen LogP contribution in [-0.2, 0) is 0 Å². The molecule has 0 saturated heterocycles. The molecule has 11 heteroatoms. The Morgan fingerprint density at radius 3 is 2.66 bits per heavy atom. The van der Waals surface area contributed by atoms with Crippen LogP contribution in [0.25, 0.3) is 28.1 Å². The highest BCUT2D eigenvalue weighted by atomic mass is 15.3. The highest BCUT2D eigenvalue weighted by Gasteiger charge is 2.17. The molecule has 156 valence electrons. The molecule has 0 spiro atoms. The number of aromatic nitrogens is 8. The van der Waals surface area contributed by atoms with Crippen LogP contribution in [0.2, 0.25) is 0 Å². The van der Waals surface area contributed by atoms with Crippen LogP contribution in [-0.4, -0.2) is 46.2 Å². The average Bonchev–Trinajstić information content (AvgIpc) is 3.45. The summed E-state index contributed by atoms with van der Waals surface area (Å²) in [5.41, 5.74) is 3.62. The summed E-state index contributed by atoms with van der Waals surface area (Å²) in [4.78, 5) is 22.1. The average molecular weight is 423 g/mol. The normalized spacial score (nSPS) is 10.8. The number of aromatic amines is 1. The monoisotopic (exact) mass is 423 g/mol. The lowest BCUT2D eigenvalue weighted by Crippen LogP contribution is -2.12. The number of nitriles is 1. The Labute approximate surface area is 182 Å². The molecular formula is C21H17N11. The molecule has 32 heavy (non-hydrogen) atoms. The second-order valence-electron chi connectivity index (χ2n) is 6.82. The SMILES string of the molecule is Cc1nc(NCC#N)nc(-n2c(Nc3ccn[nH]3)nc3cc(-c4ccncc4)ccc32)n1. The lowest BCUT2D eigenvalue weighted by atomic mass is 10.1. The van der Waals surface area contributed by atoms with Crippen LogP contribution in [0.5, 0.6) is 0 Å². The number of benzene rings is 1. The predicted molar refractivity (Wildman–Crippen MR) is 118 cm³/mol. The number of nitrogens with one attached hydrogen (secondary N) is 3. The summed E-state index contributed by atoms with van der Waals surface area (Å²) in [6.45, 7) is 1.85. The van der Waals surface area contributed by atoms with Gasteiger partial charge < -0.3 is 10.6 Å². The van der Waals surface area contributed by atoms with Crippen LogP contribution in [0.15, 0.2) is 55.0 Å². The van der Waals surface area contributed by atoms with Crippen molar-refractivity contribution in [1.82, 2.24) is 39.7 Å². The van der Waals surface area contributed by atoms with E-state index in [0.717, 1.165) is 22.2 Å². The standard InChI is InChI=1S/C21H17N11/c1-13-26-19(24-11-7-22)30-20(27-13)32-17-3-2-15(14-4-8-23-9-5-14)12-16(17)28-21(32)29-18-6-10-25-31-18/h2-6,8-10,12H,11H2,1H3,(H,24,26,27,30)(H2,25,28,29,31).